The van der Waals surface area contributed by atoms with E-state index in [-0.39, 0.29) is 12.5 Å². The van der Waals surface area contributed by atoms with Crippen LogP contribution >= 0.6 is 46.4 Å². The van der Waals surface area contributed by atoms with Crippen molar-refractivity contribution in [1.82, 2.24) is 5.32 Å². The number of carbonyl (C=O) groups is 2. The molecule has 0 heterocycles. The van der Waals surface area contributed by atoms with Gasteiger partial charge in [-0.25, -0.2) is 4.79 Å². The molecule has 0 saturated heterocycles. The lowest BCUT2D eigenvalue weighted by Gasteiger charge is -2.16. The number of carboxylic acid groups (broad SMARTS) is 1. The smallest absolute Gasteiger partial charge is 0.349 e. The minimum absolute atomic E-state index is 0.169. The quantitative estimate of drug-likeness (QED) is 0.770. The van der Waals surface area contributed by atoms with Gasteiger partial charge in [0, 0.05) is 22.5 Å². The maximum atomic E-state index is 11.7. The number of nitrogens with one attached hydrogen (secondary N) is 1. The van der Waals surface area contributed by atoms with E-state index in [4.69, 9.17) is 51.5 Å². The number of halogens is 4. The van der Waals surface area contributed by atoms with Gasteiger partial charge < -0.3 is 10.4 Å². The van der Waals surface area contributed by atoms with E-state index in [0.29, 0.717) is 15.6 Å². The van der Waals surface area contributed by atoms with Gasteiger partial charge in [-0.05, 0) is 17.7 Å². The standard InChI is InChI=1S/C13H11Cl4NO3/c1-6(9-7(14)3-2-4-8(9)15)5-18-12(19)10(16)11(17)13(20)21/h2-4,6H,5H2,1H3,(H,18,19)(H,20,21). The first-order chi connectivity index (χ1) is 9.75. The Balaban J connectivity index is 2.78. The number of rotatable bonds is 5. The van der Waals surface area contributed by atoms with Crippen LogP contribution in [0.2, 0.25) is 10.0 Å². The van der Waals surface area contributed by atoms with E-state index in [1.54, 1.807) is 18.2 Å². The Morgan fingerprint density at radius 3 is 2.19 bits per heavy atom. The van der Waals surface area contributed by atoms with Crippen LogP contribution in [-0.2, 0) is 9.59 Å². The number of benzene rings is 1. The molecular formula is C13H11Cl4NO3. The van der Waals surface area contributed by atoms with Gasteiger partial charge >= 0.3 is 5.97 Å². The van der Waals surface area contributed by atoms with E-state index < -0.39 is 21.9 Å². The summed E-state index contributed by atoms with van der Waals surface area (Å²) in [6, 6.07) is 5.09. The zero-order valence-corrected chi connectivity index (χ0v) is 13.8. The molecule has 1 aromatic carbocycles. The zero-order valence-electron chi connectivity index (χ0n) is 10.8. The third kappa shape index (κ3) is 4.78. The van der Waals surface area contributed by atoms with Gasteiger partial charge in [-0.15, -0.1) is 0 Å². The molecule has 0 spiro atoms. The Bertz CT molecular complexity index is 581. The van der Waals surface area contributed by atoms with Gasteiger partial charge in [0.15, 0.2) is 0 Å². The minimum Gasteiger partial charge on any atom is -0.477 e. The van der Waals surface area contributed by atoms with Crippen molar-refractivity contribution in [3.05, 3.63) is 43.9 Å². The number of carboxylic acids is 1. The van der Waals surface area contributed by atoms with E-state index in [1.165, 1.54) is 0 Å². The fourth-order valence-corrected chi connectivity index (χ4v) is 2.60. The summed E-state index contributed by atoms with van der Waals surface area (Å²) in [4.78, 5) is 22.3. The summed E-state index contributed by atoms with van der Waals surface area (Å²) in [5.41, 5.74) is 0.686. The van der Waals surface area contributed by atoms with E-state index in [2.05, 4.69) is 5.32 Å². The summed E-state index contributed by atoms with van der Waals surface area (Å²) in [6.45, 7) is 1.98. The molecule has 8 heteroatoms. The van der Waals surface area contributed by atoms with Gasteiger partial charge in [0.2, 0.25) is 0 Å². The minimum atomic E-state index is -1.47. The summed E-state index contributed by atoms with van der Waals surface area (Å²) in [7, 11) is 0. The lowest BCUT2D eigenvalue weighted by molar-refractivity contribution is -0.132. The highest BCUT2D eigenvalue weighted by Gasteiger charge is 2.19. The molecule has 1 amide bonds. The van der Waals surface area contributed by atoms with Gasteiger partial charge in [-0.3, -0.25) is 4.79 Å². The van der Waals surface area contributed by atoms with Crippen LogP contribution in [0.5, 0.6) is 0 Å². The van der Waals surface area contributed by atoms with Crippen LogP contribution in [0.4, 0.5) is 0 Å². The number of hydrogen-bond donors (Lipinski definition) is 2. The molecule has 1 rings (SSSR count). The molecule has 4 nitrogen and oxygen atoms in total. The van der Waals surface area contributed by atoms with Crippen LogP contribution in [0.3, 0.4) is 0 Å². The molecule has 0 aromatic heterocycles. The molecule has 0 aliphatic rings. The second-order valence-corrected chi connectivity index (χ2v) is 5.75. The molecule has 1 aromatic rings. The third-order valence-corrected chi connectivity index (χ3v) is 4.11. The number of aliphatic carboxylic acids is 1. The van der Waals surface area contributed by atoms with Crippen molar-refractivity contribution < 1.29 is 14.7 Å². The van der Waals surface area contributed by atoms with Crippen LogP contribution in [0.1, 0.15) is 18.4 Å². The van der Waals surface area contributed by atoms with E-state index >= 15 is 0 Å². The second-order valence-electron chi connectivity index (χ2n) is 4.18. The zero-order chi connectivity index (χ0) is 16.2. The molecule has 0 aliphatic heterocycles. The summed E-state index contributed by atoms with van der Waals surface area (Å²) in [6.07, 6.45) is 0. The van der Waals surface area contributed by atoms with Crippen molar-refractivity contribution in [2.75, 3.05) is 6.54 Å². The van der Waals surface area contributed by atoms with Crippen molar-refractivity contribution in [3.63, 3.8) is 0 Å². The van der Waals surface area contributed by atoms with Crippen molar-refractivity contribution in [1.29, 1.82) is 0 Å². The normalized spacial score (nSPS) is 13.4. The van der Waals surface area contributed by atoms with Crippen LogP contribution in [0.25, 0.3) is 0 Å². The van der Waals surface area contributed by atoms with Crippen LogP contribution < -0.4 is 5.32 Å². The Morgan fingerprint density at radius 1 is 1.19 bits per heavy atom. The molecule has 1 unspecified atom stereocenters. The van der Waals surface area contributed by atoms with Crippen molar-refractivity contribution in [2.45, 2.75) is 12.8 Å². The molecule has 0 aliphatic carbocycles. The highest BCUT2D eigenvalue weighted by molar-refractivity contribution is 6.53. The molecule has 21 heavy (non-hydrogen) atoms. The van der Waals surface area contributed by atoms with Crippen molar-refractivity contribution in [2.24, 2.45) is 0 Å². The number of hydrogen-bond acceptors (Lipinski definition) is 2. The maximum Gasteiger partial charge on any atom is 0.349 e. The second kappa shape index (κ2) is 7.90. The van der Waals surface area contributed by atoms with E-state index in [9.17, 15) is 9.59 Å². The molecule has 1 atom stereocenters. The van der Waals surface area contributed by atoms with Crippen LogP contribution in [0.15, 0.2) is 28.3 Å². The summed E-state index contributed by atoms with van der Waals surface area (Å²) in [5.74, 6) is -2.44. The first-order valence-electron chi connectivity index (χ1n) is 5.76. The maximum absolute atomic E-state index is 11.7. The molecule has 114 valence electrons. The molecule has 0 fully saturated rings. The van der Waals surface area contributed by atoms with Gasteiger partial charge in [-0.1, -0.05) is 59.4 Å². The van der Waals surface area contributed by atoms with Gasteiger partial charge in [0.05, 0.1) is 0 Å². The fraction of sp³-hybridized carbons (Fsp3) is 0.231. The SMILES string of the molecule is CC(CNC(=O)C(Cl)=C(Cl)C(=O)O)c1c(Cl)cccc1Cl. The Kier molecular flexibility index (Phi) is 6.81. The highest BCUT2D eigenvalue weighted by Crippen LogP contribution is 2.31. The summed E-state index contributed by atoms with van der Waals surface area (Å²) < 4.78 is 0. The lowest BCUT2D eigenvalue weighted by Crippen LogP contribution is -2.28. The monoisotopic (exact) mass is 369 g/mol. The number of carbonyl (C=O) groups excluding carboxylic acids is 1. The topological polar surface area (TPSA) is 66.4 Å². The molecule has 2 N–H and O–H groups in total. The van der Waals surface area contributed by atoms with Gasteiger partial charge in [0.1, 0.15) is 10.1 Å². The summed E-state index contributed by atoms with van der Waals surface area (Å²) in [5, 5.41) is 10.8. The van der Waals surface area contributed by atoms with Gasteiger partial charge in [-0.2, -0.15) is 0 Å². The largest absolute Gasteiger partial charge is 0.477 e. The molecule has 0 radical (unpaired) electrons. The van der Waals surface area contributed by atoms with Crippen molar-refractivity contribution in [3.8, 4) is 0 Å². The van der Waals surface area contributed by atoms with Crippen LogP contribution in [0, 0.1) is 0 Å². The first-order valence-corrected chi connectivity index (χ1v) is 7.27. The molecule has 0 saturated carbocycles. The highest BCUT2D eigenvalue weighted by atomic mass is 35.5. The van der Waals surface area contributed by atoms with E-state index in [0.717, 1.165) is 0 Å². The first kappa shape index (κ1) is 18.1. The molecular weight excluding hydrogens is 360 g/mol. The Hall–Kier alpha value is -0.940. The average molecular weight is 371 g/mol. The molecule has 0 bridgehead atoms. The summed E-state index contributed by atoms with van der Waals surface area (Å²) >= 11 is 23.1. The van der Waals surface area contributed by atoms with Gasteiger partial charge in [0.25, 0.3) is 5.91 Å². The predicted octanol–water partition coefficient (Wildman–Crippen LogP) is 3.99. The Morgan fingerprint density at radius 2 is 1.71 bits per heavy atom. The number of amides is 1. The fourth-order valence-electron chi connectivity index (χ4n) is 1.60. The third-order valence-electron chi connectivity index (χ3n) is 2.64. The van der Waals surface area contributed by atoms with Crippen LogP contribution in [-0.4, -0.2) is 23.5 Å². The van der Waals surface area contributed by atoms with E-state index in [1.807, 2.05) is 6.92 Å². The van der Waals surface area contributed by atoms with Crippen molar-refractivity contribution >= 4 is 58.3 Å². The average Bonchev–Trinajstić information content (AvgIpc) is 2.42. The Labute approximate surface area is 141 Å². The predicted molar refractivity (Wildman–Crippen MR) is 84.3 cm³/mol. The lowest BCUT2D eigenvalue weighted by atomic mass is 10.0.